The molecule has 0 aliphatic rings. The molecule has 0 atom stereocenters. The molecule has 0 unspecified atom stereocenters. The first-order valence-electron chi connectivity index (χ1n) is 6.98. The second-order valence-electron chi connectivity index (χ2n) is 5.20. The molecular formula is C16H10ClN3O3S. The predicted octanol–water partition coefficient (Wildman–Crippen LogP) is 2.77. The summed E-state index contributed by atoms with van der Waals surface area (Å²) in [5.41, 5.74) is 0.153. The molecule has 0 spiro atoms. The molecule has 0 bridgehead atoms. The normalized spacial score (nSPS) is 12.0. The maximum Gasteiger partial charge on any atom is 0.276 e. The number of H-pyrrole nitrogens is 1. The van der Waals surface area contributed by atoms with Gasteiger partial charge in [0.05, 0.1) is 27.5 Å². The Morgan fingerprint density at radius 3 is 2.46 bits per heavy atom. The topological polar surface area (TPSA) is 84.8 Å². The van der Waals surface area contributed by atoms with Crippen molar-refractivity contribution in [3.8, 4) is 0 Å². The van der Waals surface area contributed by atoms with Crippen molar-refractivity contribution in [2.24, 2.45) is 0 Å². The first-order valence-corrected chi connectivity index (χ1v) is 8.80. The quantitative estimate of drug-likeness (QED) is 0.596. The number of hydrogen-bond donors (Lipinski definition) is 1. The zero-order valence-electron chi connectivity index (χ0n) is 12.1. The summed E-state index contributed by atoms with van der Waals surface area (Å²) in [5, 5.41) is 7.85. The molecule has 8 heteroatoms. The first kappa shape index (κ1) is 14.9. The van der Waals surface area contributed by atoms with Crippen LogP contribution in [-0.2, 0) is 10.0 Å². The Hall–Kier alpha value is -2.64. The van der Waals surface area contributed by atoms with Gasteiger partial charge < -0.3 is 0 Å². The third-order valence-corrected chi connectivity index (χ3v) is 5.76. The van der Waals surface area contributed by atoms with E-state index in [-0.39, 0.29) is 15.8 Å². The van der Waals surface area contributed by atoms with Crippen LogP contribution >= 0.6 is 11.6 Å². The second-order valence-corrected chi connectivity index (χ2v) is 7.43. The van der Waals surface area contributed by atoms with Gasteiger partial charge in [0, 0.05) is 10.4 Å². The second kappa shape index (κ2) is 5.19. The van der Waals surface area contributed by atoms with Crippen LogP contribution in [0.2, 0.25) is 5.02 Å². The van der Waals surface area contributed by atoms with Gasteiger partial charge in [-0.25, -0.2) is 8.42 Å². The molecule has 0 saturated carbocycles. The fourth-order valence-corrected chi connectivity index (χ4v) is 4.24. The molecule has 4 aromatic rings. The molecule has 24 heavy (non-hydrogen) atoms. The van der Waals surface area contributed by atoms with Gasteiger partial charge in [-0.2, -0.15) is 9.07 Å². The van der Waals surface area contributed by atoms with Crippen molar-refractivity contribution in [1.29, 1.82) is 0 Å². The Labute approximate surface area is 141 Å². The average molecular weight is 360 g/mol. The molecule has 0 amide bonds. The van der Waals surface area contributed by atoms with Crippen LogP contribution in [0, 0.1) is 0 Å². The van der Waals surface area contributed by atoms with Crippen molar-refractivity contribution in [3.63, 3.8) is 0 Å². The summed E-state index contributed by atoms with van der Waals surface area (Å²) in [6, 6.07) is 12.5. The summed E-state index contributed by atoms with van der Waals surface area (Å²) in [5.74, 6) is 0. The van der Waals surface area contributed by atoms with E-state index in [2.05, 4.69) is 10.2 Å². The lowest BCUT2D eigenvalue weighted by atomic mass is 10.2. The molecule has 0 aliphatic carbocycles. The van der Waals surface area contributed by atoms with Crippen LogP contribution in [0.5, 0.6) is 0 Å². The predicted molar refractivity (Wildman–Crippen MR) is 91.9 cm³/mol. The van der Waals surface area contributed by atoms with Crippen LogP contribution in [0.1, 0.15) is 0 Å². The van der Waals surface area contributed by atoms with Gasteiger partial charge in [-0.05, 0) is 30.3 Å². The number of nitrogens with zero attached hydrogens (tertiary/aromatic N) is 2. The van der Waals surface area contributed by atoms with E-state index in [0.29, 0.717) is 15.9 Å². The summed E-state index contributed by atoms with van der Waals surface area (Å²) in [4.78, 5) is 12.8. The lowest BCUT2D eigenvalue weighted by Crippen LogP contribution is -2.27. The highest BCUT2D eigenvalue weighted by atomic mass is 35.5. The molecule has 4 rings (SSSR count). The molecule has 2 heterocycles. The first-order chi connectivity index (χ1) is 11.5. The van der Waals surface area contributed by atoms with Crippen molar-refractivity contribution < 1.29 is 8.42 Å². The van der Waals surface area contributed by atoms with Crippen molar-refractivity contribution in [1.82, 2.24) is 14.2 Å². The molecule has 0 aliphatic heterocycles. The van der Waals surface area contributed by atoms with Crippen molar-refractivity contribution in [3.05, 3.63) is 70.1 Å². The SMILES string of the molecule is O=c1c2cn[nH]c2c2ccccc2n1S(=O)(=O)c1ccc(Cl)cc1. The van der Waals surface area contributed by atoms with Gasteiger partial charge in [0.1, 0.15) is 0 Å². The zero-order valence-corrected chi connectivity index (χ0v) is 13.7. The molecule has 0 saturated heterocycles. The Kier molecular flexibility index (Phi) is 3.22. The van der Waals surface area contributed by atoms with Gasteiger partial charge in [0.2, 0.25) is 0 Å². The van der Waals surface area contributed by atoms with Crippen molar-refractivity contribution in [2.75, 3.05) is 0 Å². The van der Waals surface area contributed by atoms with Gasteiger partial charge in [-0.1, -0.05) is 29.8 Å². The average Bonchev–Trinajstić information content (AvgIpc) is 3.06. The highest BCUT2D eigenvalue weighted by molar-refractivity contribution is 7.90. The minimum atomic E-state index is -4.08. The molecule has 120 valence electrons. The lowest BCUT2D eigenvalue weighted by molar-refractivity contribution is 0.587. The van der Waals surface area contributed by atoms with Gasteiger partial charge in [0.15, 0.2) is 0 Å². The Bertz CT molecular complexity index is 1240. The van der Waals surface area contributed by atoms with Crippen molar-refractivity contribution >= 4 is 43.4 Å². The Morgan fingerprint density at radius 2 is 1.71 bits per heavy atom. The summed E-state index contributed by atoms with van der Waals surface area (Å²) in [6.45, 7) is 0. The number of hydrogen-bond acceptors (Lipinski definition) is 4. The largest absolute Gasteiger partial charge is 0.277 e. The number of halogens is 1. The zero-order chi connectivity index (χ0) is 16.9. The van der Waals surface area contributed by atoms with E-state index in [1.807, 2.05) is 0 Å². The van der Waals surface area contributed by atoms with E-state index >= 15 is 0 Å². The van der Waals surface area contributed by atoms with E-state index in [1.165, 1.54) is 30.5 Å². The molecular weight excluding hydrogens is 350 g/mol. The van der Waals surface area contributed by atoms with Crippen LogP contribution < -0.4 is 5.56 Å². The van der Waals surface area contributed by atoms with Crippen molar-refractivity contribution in [2.45, 2.75) is 4.90 Å². The van der Waals surface area contributed by atoms with Gasteiger partial charge >= 0.3 is 0 Å². The van der Waals surface area contributed by atoms with E-state index in [1.54, 1.807) is 24.3 Å². The van der Waals surface area contributed by atoms with E-state index in [9.17, 15) is 13.2 Å². The molecule has 0 fully saturated rings. The molecule has 2 aromatic carbocycles. The number of benzene rings is 2. The number of para-hydroxylation sites is 1. The van der Waals surface area contributed by atoms with Gasteiger partial charge in [-0.15, -0.1) is 0 Å². The van der Waals surface area contributed by atoms with E-state index in [4.69, 9.17) is 11.6 Å². The lowest BCUT2D eigenvalue weighted by Gasteiger charge is -2.12. The van der Waals surface area contributed by atoms with Crippen LogP contribution in [0.4, 0.5) is 0 Å². The van der Waals surface area contributed by atoms with E-state index < -0.39 is 15.6 Å². The summed E-state index contributed by atoms with van der Waals surface area (Å²) in [6.07, 6.45) is 1.33. The summed E-state index contributed by atoms with van der Waals surface area (Å²) >= 11 is 5.82. The van der Waals surface area contributed by atoms with Gasteiger partial charge in [-0.3, -0.25) is 9.89 Å². The summed E-state index contributed by atoms with van der Waals surface area (Å²) in [7, 11) is -4.08. The number of nitrogens with one attached hydrogen (secondary N) is 1. The maximum atomic E-state index is 13.0. The fourth-order valence-electron chi connectivity index (χ4n) is 2.69. The number of fused-ring (bicyclic) bond motifs is 3. The van der Waals surface area contributed by atoms with Gasteiger partial charge in [0.25, 0.3) is 15.6 Å². The van der Waals surface area contributed by atoms with Crippen LogP contribution in [-0.4, -0.2) is 22.6 Å². The van der Waals surface area contributed by atoms with E-state index in [0.717, 1.165) is 3.97 Å². The standard InChI is InChI=1S/C16H10ClN3O3S/c17-10-5-7-11(8-6-10)24(22,23)20-14-4-2-1-3-12(14)15-13(16(20)21)9-18-19-15/h1-9H,(H,18,19). The Morgan fingerprint density at radius 1 is 1.00 bits per heavy atom. The van der Waals surface area contributed by atoms with Crippen LogP contribution in [0.3, 0.4) is 0 Å². The number of aromatic nitrogens is 3. The number of pyridine rings is 1. The highest BCUT2D eigenvalue weighted by Crippen LogP contribution is 2.24. The molecule has 2 aromatic heterocycles. The monoisotopic (exact) mass is 359 g/mol. The fraction of sp³-hybridized carbons (Fsp3) is 0. The van der Waals surface area contributed by atoms with Crippen LogP contribution in [0.15, 0.2) is 64.4 Å². The minimum absolute atomic E-state index is 0.0120. The minimum Gasteiger partial charge on any atom is -0.277 e. The molecule has 0 radical (unpaired) electrons. The smallest absolute Gasteiger partial charge is 0.276 e. The number of rotatable bonds is 2. The third-order valence-electron chi connectivity index (χ3n) is 3.80. The molecule has 1 N–H and O–H groups in total. The Balaban J connectivity index is 2.17. The number of aromatic amines is 1. The maximum absolute atomic E-state index is 13.0. The third kappa shape index (κ3) is 2.05. The summed E-state index contributed by atoms with van der Waals surface area (Å²) < 4.78 is 26.9. The van der Waals surface area contributed by atoms with Crippen LogP contribution in [0.25, 0.3) is 21.8 Å². The molecule has 6 nitrogen and oxygen atoms in total. The highest BCUT2D eigenvalue weighted by Gasteiger charge is 2.23.